The number of nitrogens with zero attached hydrogens (tertiary/aromatic N) is 3. The number of rotatable bonds is 5. The van der Waals surface area contributed by atoms with Crippen LogP contribution in [0.1, 0.15) is 39.3 Å². The molecule has 2 aromatic heterocycles. The largest absolute Gasteiger partial charge is 0.359 e. The number of hydrogen-bond acceptors (Lipinski definition) is 7. The molecule has 0 bridgehead atoms. The number of hydrogen-bond donors (Lipinski definition) is 3. The number of fused-ring (bicyclic) bond motifs is 2. The van der Waals surface area contributed by atoms with Crippen LogP contribution in [-0.4, -0.2) is 78.2 Å². The predicted molar refractivity (Wildman–Crippen MR) is 141 cm³/mol. The lowest BCUT2D eigenvalue weighted by Gasteiger charge is -2.40. The highest BCUT2D eigenvalue weighted by molar-refractivity contribution is 7.89. The highest BCUT2D eigenvalue weighted by Crippen LogP contribution is 2.28. The maximum absolute atomic E-state index is 13.6. The van der Waals surface area contributed by atoms with Gasteiger partial charge in [0.2, 0.25) is 5.91 Å². The fourth-order valence-corrected chi connectivity index (χ4v) is 7.28. The topological polar surface area (TPSA) is 128 Å². The summed E-state index contributed by atoms with van der Waals surface area (Å²) in [5.74, 6) is 2.00. The van der Waals surface area contributed by atoms with Gasteiger partial charge in [-0.3, -0.25) is 9.59 Å². The average molecular weight is 541 g/mol. The minimum atomic E-state index is -3.91. The predicted octanol–water partition coefficient (Wildman–Crippen LogP) is 1.29. The monoisotopic (exact) mass is 540 g/mol. The summed E-state index contributed by atoms with van der Waals surface area (Å²) in [5.41, 5.74) is 2.24. The summed E-state index contributed by atoms with van der Waals surface area (Å²) in [7, 11) is -2.39. The molecule has 12 heteroatoms. The lowest BCUT2D eigenvalue weighted by atomic mass is 10.1. The Balaban J connectivity index is 1.40. The van der Waals surface area contributed by atoms with Gasteiger partial charge in [-0.25, -0.2) is 13.4 Å². The van der Waals surface area contributed by atoms with E-state index in [1.54, 1.807) is 29.2 Å². The maximum atomic E-state index is 13.6. The van der Waals surface area contributed by atoms with Gasteiger partial charge in [0.25, 0.3) is 15.9 Å². The van der Waals surface area contributed by atoms with Crippen molar-refractivity contribution in [2.75, 3.05) is 26.7 Å². The number of piperazine rings is 1. The van der Waals surface area contributed by atoms with Crippen LogP contribution in [0.25, 0.3) is 10.9 Å². The van der Waals surface area contributed by atoms with E-state index in [2.05, 4.69) is 33.4 Å². The van der Waals surface area contributed by atoms with Crippen LogP contribution in [0.4, 0.5) is 0 Å². The summed E-state index contributed by atoms with van der Waals surface area (Å²) in [6.07, 6.45) is 6.20. The quantitative estimate of drug-likeness (QED) is 0.419. The van der Waals surface area contributed by atoms with Gasteiger partial charge in [0.05, 0.1) is 11.7 Å². The Morgan fingerprint density at radius 1 is 1.30 bits per heavy atom. The van der Waals surface area contributed by atoms with E-state index in [0.29, 0.717) is 28.0 Å². The molecule has 37 heavy (non-hydrogen) atoms. The number of sulfonamides is 1. The lowest BCUT2D eigenvalue weighted by Crippen LogP contribution is -2.57. The number of H-pyrrole nitrogens is 1. The van der Waals surface area contributed by atoms with Crippen LogP contribution in [0.2, 0.25) is 0 Å². The van der Waals surface area contributed by atoms with E-state index in [0.717, 1.165) is 17.0 Å². The van der Waals surface area contributed by atoms with E-state index in [-0.39, 0.29) is 48.9 Å². The highest BCUT2D eigenvalue weighted by atomic mass is 32.2. The summed E-state index contributed by atoms with van der Waals surface area (Å²) >= 11 is 1.36. The van der Waals surface area contributed by atoms with E-state index < -0.39 is 16.1 Å². The molecule has 2 aliphatic rings. The molecule has 2 aliphatic heterocycles. The normalized spacial score (nSPS) is 20.4. The van der Waals surface area contributed by atoms with Crippen LogP contribution in [-0.2, 0) is 27.8 Å². The first kappa shape index (κ1) is 25.4. The van der Waals surface area contributed by atoms with Crippen LogP contribution in [0.5, 0.6) is 0 Å². The Morgan fingerprint density at radius 3 is 2.86 bits per heavy atom. The number of aromatic nitrogens is 2. The van der Waals surface area contributed by atoms with Crippen LogP contribution in [0.3, 0.4) is 0 Å². The van der Waals surface area contributed by atoms with Crippen LogP contribution < -0.4 is 10.6 Å². The smallest absolute Gasteiger partial charge is 0.283 e. The number of carbonyl (C=O) groups excluding carboxylic acids is 2. The molecule has 3 aromatic rings. The Hall–Kier alpha value is -3.24. The van der Waals surface area contributed by atoms with Crippen molar-refractivity contribution < 1.29 is 18.0 Å². The number of nitrogens with one attached hydrogen (secondary N) is 3. The van der Waals surface area contributed by atoms with Crippen molar-refractivity contribution in [2.24, 2.45) is 0 Å². The van der Waals surface area contributed by atoms with Crippen LogP contribution >= 0.6 is 11.3 Å². The SMILES string of the molecule is C#Cc1ccc2[nH]c(S(=O)(=O)N3CCN(C(=O)c4nc5c(s4)CNC(C)C5)C(CC(=O)NC)C3)cc2c1. The Morgan fingerprint density at radius 2 is 2.11 bits per heavy atom. The maximum Gasteiger partial charge on any atom is 0.283 e. The van der Waals surface area contributed by atoms with Gasteiger partial charge in [-0.05, 0) is 31.2 Å². The zero-order chi connectivity index (χ0) is 26.3. The second kappa shape index (κ2) is 9.90. The van der Waals surface area contributed by atoms with Crippen LogP contribution in [0.15, 0.2) is 29.3 Å². The molecule has 10 nitrogen and oxygen atoms in total. The first-order valence-corrected chi connectivity index (χ1v) is 14.3. The van der Waals surface area contributed by atoms with E-state index in [9.17, 15) is 18.0 Å². The van der Waals surface area contributed by atoms with Gasteiger partial charge in [0.1, 0.15) is 5.03 Å². The summed E-state index contributed by atoms with van der Waals surface area (Å²) < 4.78 is 28.4. The number of amides is 2. The second-order valence-electron chi connectivity index (χ2n) is 9.35. The molecule has 2 unspecified atom stereocenters. The summed E-state index contributed by atoms with van der Waals surface area (Å²) in [4.78, 5) is 36.0. The fourth-order valence-electron chi connectivity index (χ4n) is 4.80. The number of benzene rings is 1. The van der Waals surface area contributed by atoms with E-state index >= 15 is 0 Å². The van der Waals surface area contributed by atoms with Crippen molar-refractivity contribution in [3.8, 4) is 12.3 Å². The number of thiazole rings is 1. The van der Waals surface area contributed by atoms with Crippen molar-refractivity contribution in [3.63, 3.8) is 0 Å². The summed E-state index contributed by atoms with van der Waals surface area (Å²) in [6.45, 7) is 3.00. The molecule has 2 atom stereocenters. The molecular formula is C25H28N6O4S2. The first-order valence-electron chi connectivity index (χ1n) is 12.0. The third-order valence-corrected chi connectivity index (χ3v) is 9.73. The summed E-state index contributed by atoms with van der Waals surface area (Å²) in [6, 6.07) is 6.46. The third kappa shape index (κ3) is 4.87. The molecule has 1 saturated heterocycles. The van der Waals surface area contributed by atoms with Gasteiger partial charge in [0, 0.05) is 73.5 Å². The molecule has 2 amide bonds. The zero-order valence-corrected chi connectivity index (χ0v) is 22.2. The Kier molecular flexibility index (Phi) is 6.80. The molecule has 3 N–H and O–H groups in total. The molecule has 0 radical (unpaired) electrons. The standard InChI is InChI=1S/C25H28N6O4S2/c1-4-16-5-6-19-17(10-16)11-23(28-19)37(34,35)30-7-8-31(18(14-30)12-22(32)26-3)25(33)24-29-20-9-15(2)27-13-21(20)36-24/h1,5-6,10-11,15,18,27-28H,7-9,12-14H2,2-3H3,(H,26,32). The van der Waals surface area contributed by atoms with Crippen molar-refractivity contribution in [3.05, 3.63) is 45.4 Å². The molecule has 0 saturated carbocycles. The molecule has 4 heterocycles. The summed E-state index contributed by atoms with van der Waals surface area (Å²) in [5, 5.41) is 7.07. The van der Waals surface area contributed by atoms with Gasteiger partial charge in [-0.15, -0.1) is 17.8 Å². The Bertz CT molecular complexity index is 1520. The van der Waals surface area contributed by atoms with Gasteiger partial charge in [-0.2, -0.15) is 4.31 Å². The van der Waals surface area contributed by atoms with Crippen LogP contribution in [0, 0.1) is 12.3 Å². The third-order valence-electron chi connectivity index (χ3n) is 6.86. The van der Waals surface area contributed by atoms with Crippen molar-refractivity contribution in [1.29, 1.82) is 0 Å². The first-order chi connectivity index (χ1) is 17.7. The van der Waals surface area contributed by atoms with E-state index in [1.165, 1.54) is 22.7 Å². The van der Waals surface area contributed by atoms with Crippen molar-refractivity contribution in [2.45, 2.75) is 43.4 Å². The van der Waals surface area contributed by atoms with Gasteiger partial charge < -0.3 is 20.5 Å². The molecular weight excluding hydrogens is 512 g/mol. The molecule has 5 rings (SSSR count). The van der Waals surface area contributed by atoms with E-state index in [1.807, 2.05) is 0 Å². The second-order valence-corrected chi connectivity index (χ2v) is 12.3. The average Bonchev–Trinajstić information content (AvgIpc) is 3.52. The number of aromatic amines is 1. The fraction of sp³-hybridized carbons (Fsp3) is 0.400. The minimum absolute atomic E-state index is 0.00383. The van der Waals surface area contributed by atoms with E-state index in [4.69, 9.17) is 6.42 Å². The minimum Gasteiger partial charge on any atom is -0.359 e. The van der Waals surface area contributed by atoms with Crippen molar-refractivity contribution >= 4 is 44.1 Å². The number of terminal acetylenes is 1. The molecule has 0 spiro atoms. The molecule has 1 fully saturated rings. The molecule has 0 aliphatic carbocycles. The highest BCUT2D eigenvalue weighted by Gasteiger charge is 2.39. The van der Waals surface area contributed by atoms with Gasteiger partial charge in [-0.1, -0.05) is 5.92 Å². The number of carbonyl (C=O) groups is 2. The Labute approximate surface area is 219 Å². The molecule has 1 aromatic carbocycles. The molecule has 194 valence electrons. The lowest BCUT2D eigenvalue weighted by molar-refractivity contribution is -0.121. The van der Waals surface area contributed by atoms with Crippen molar-refractivity contribution in [1.82, 2.24) is 29.8 Å². The van der Waals surface area contributed by atoms with Gasteiger partial charge >= 0.3 is 0 Å². The van der Waals surface area contributed by atoms with Gasteiger partial charge in [0.15, 0.2) is 5.01 Å². The zero-order valence-electron chi connectivity index (χ0n) is 20.6.